The van der Waals surface area contributed by atoms with Gasteiger partial charge in [0.05, 0.1) is 13.2 Å². The van der Waals surface area contributed by atoms with Crippen molar-refractivity contribution < 1.29 is 19.4 Å². The van der Waals surface area contributed by atoms with Gasteiger partial charge in [-0.3, -0.25) is 4.79 Å². The van der Waals surface area contributed by atoms with Crippen molar-refractivity contribution in [3.63, 3.8) is 0 Å². The molecule has 0 bridgehead atoms. The molecule has 1 unspecified atom stereocenters. The normalized spacial score (nSPS) is 12.6. The van der Waals surface area contributed by atoms with Crippen LogP contribution in [0.3, 0.4) is 0 Å². The summed E-state index contributed by atoms with van der Waals surface area (Å²) >= 11 is 0. The van der Waals surface area contributed by atoms with Gasteiger partial charge in [0.1, 0.15) is 6.10 Å². The number of carbonyl (C=O) groups excluding carboxylic acids is 1. The molecule has 0 saturated heterocycles. The van der Waals surface area contributed by atoms with Gasteiger partial charge in [-0.1, -0.05) is 134 Å². The smallest absolute Gasteiger partial charge is 0.306 e. The lowest BCUT2D eigenvalue weighted by Gasteiger charge is -2.15. The van der Waals surface area contributed by atoms with Crippen LogP contribution in [0.2, 0.25) is 0 Å². The van der Waals surface area contributed by atoms with E-state index in [1.165, 1.54) is 141 Å². The Morgan fingerprint density at radius 2 is 0.951 bits per heavy atom. The van der Waals surface area contributed by atoms with Gasteiger partial charge in [0.25, 0.3) is 0 Å². The molecule has 0 spiro atoms. The Morgan fingerprint density at radius 1 is 0.561 bits per heavy atom. The van der Waals surface area contributed by atoms with Crippen LogP contribution in [-0.4, -0.2) is 37.0 Å². The lowest BCUT2D eigenvalue weighted by molar-refractivity contribution is -0.154. The fourth-order valence-electron chi connectivity index (χ4n) is 5.02. The molecule has 4 heteroatoms. The second kappa shape index (κ2) is 35.1. The molecule has 0 saturated carbocycles. The van der Waals surface area contributed by atoms with E-state index in [2.05, 4.69) is 38.2 Å². The molecule has 4 nitrogen and oxygen atoms in total. The van der Waals surface area contributed by atoms with Crippen LogP contribution >= 0.6 is 0 Å². The van der Waals surface area contributed by atoms with Crippen LogP contribution in [0.15, 0.2) is 24.3 Å². The maximum atomic E-state index is 12.1. The predicted octanol–water partition coefficient (Wildman–Crippen LogP) is 11.2. The molecule has 0 heterocycles. The van der Waals surface area contributed by atoms with Gasteiger partial charge < -0.3 is 14.6 Å². The minimum Gasteiger partial charge on any atom is -0.457 e. The Hall–Kier alpha value is -1.13. The van der Waals surface area contributed by atoms with Crippen molar-refractivity contribution in [3.8, 4) is 0 Å². The maximum Gasteiger partial charge on any atom is 0.306 e. The summed E-state index contributed by atoms with van der Waals surface area (Å²) in [4.78, 5) is 12.1. The van der Waals surface area contributed by atoms with Crippen LogP contribution in [-0.2, 0) is 14.3 Å². The first kappa shape index (κ1) is 39.9. The lowest BCUT2D eigenvalue weighted by Crippen LogP contribution is -2.27. The Balaban J connectivity index is 3.46. The quantitative estimate of drug-likeness (QED) is 0.0478. The minimum absolute atomic E-state index is 0.175. The number of ether oxygens (including phenoxy) is 2. The van der Waals surface area contributed by atoms with Crippen molar-refractivity contribution in [2.45, 2.75) is 187 Å². The standard InChI is InChI=1S/C37H70O4/c1-3-5-7-9-11-13-15-17-19-21-23-25-27-29-31-33-40-35-36(34-38)41-37(39)32-30-28-26-24-22-20-18-16-14-12-10-8-6-4-2/h15-18,36,38H,3-14,19-35H2,1-2H3/b17-15-,18-16-. The van der Waals surface area contributed by atoms with E-state index in [1.807, 2.05) is 0 Å². The first-order chi connectivity index (χ1) is 20.2. The average molecular weight is 579 g/mol. The third-order valence-electron chi connectivity index (χ3n) is 7.75. The molecule has 0 aliphatic heterocycles. The van der Waals surface area contributed by atoms with E-state index < -0.39 is 6.10 Å². The van der Waals surface area contributed by atoms with Gasteiger partial charge in [0, 0.05) is 13.0 Å². The van der Waals surface area contributed by atoms with Crippen molar-refractivity contribution in [2.24, 2.45) is 0 Å². The van der Waals surface area contributed by atoms with E-state index in [9.17, 15) is 9.90 Å². The number of esters is 1. The van der Waals surface area contributed by atoms with E-state index in [-0.39, 0.29) is 12.6 Å². The number of unbranched alkanes of at least 4 members (excludes halogenated alkanes) is 21. The molecule has 0 aromatic carbocycles. The van der Waals surface area contributed by atoms with E-state index in [0.29, 0.717) is 19.6 Å². The second-order valence-electron chi connectivity index (χ2n) is 11.9. The molecule has 0 rings (SSSR count). The van der Waals surface area contributed by atoms with Gasteiger partial charge in [-0.2, -0.15) is 0 Å². The molecule has 0 aromatic rings. The van der Waals surface area contributed by atoms with E-state index in [0.717, 1.165) is 19.3 Å². The molecular formula is C37H70O4. The van der Waals surface area contributed by atoms with Crippen LogP contribution in [0, 0.1) is 0 Å². The third-order valence-corrected chi connectivity index (χ3v) is 7.75. The van der Waals surface area contributed by atoms with Crippen molar-refractivity contribution in [3.05, 3.63) is 24.3 Å². The predicted molar refractivity (Wildman–Crippen MR) is 177 cm³/mol. The molecule has 0 fully saturated rings. The number of allylic oxidation sites excluding steroid dienone is 4. The van der Waals surface area contributed by atoms with Crippen molar-refractivity contribution in [1.82, 2.24) is 0 Å². The van der Waals surface area contributed by atoms with Crippen molar-refractivity contribution in [2.75, 3.05) is 19.8 Å². The summed E-state index contributed by atoms with van der Waals surface area (Å²) < 4.78 is 11.1. The number of carbonyl (C=O) groups is 1. The Labute approximate surface area is 256 Å². The molecule has 0 aliphatic carbocycles. The summed E-state index contributed by atoms with van der Waals surface area (Å²) in [6.07, 6.45) is 40.7. The lowest BCUT2D eigenvalue weighted by atomic mass is 10.1. The SMILES string of the molecule is CCCCCCC/C=C\CCCCCCCCOCC(CO)OC(=O)CCCCCCC/C=C\CCCCCCC. The molecule has 0 aromatic heterocycles. The Morgan fingerprint density at radius 3 is 1.39 bits per heavy atom. The largest absolute Gasteiger partial charge is 0.457 e. The monoisotopic (exact) mass is 579 g/mol. The van der Waals surface area contributed by atoms with Crippen molar-refractivity contribution in [1.29, 1.82) is 0 Å². The van der Waals surface area contributed by atoms with Gasteiger partial charge in [0.15, 0.2) is 0 Å². The highest BCUT2D eigenvalue weighted by molar-refractivity contribution is 5.69. The van der Waals surface area contributed by atoms with Crippen LogP contribution in [0.4, 0.5) is 0 Å². The molecule has 1 N–H and O–H groups in total. The first-order valence-electron chi connectivity index (χ1n) is 17.9. The van der Waals surface area contributed by atoms with Gasteiger partial charge in [-0.25, -0.2) is 0 Å². The summed E-state index contributed by atoms with van der Waals surface area (Å²) in [5, 5.41) is 9.54. The zero-order valence-electron chi connectivity index (χ0n) is 27.6. The number of aliphatic hydroxyl groups excluding tert-OH is 1. The van der Waals surface area contributed by atoms with Gasteiger partial charge in [-0.15, -0.1) is 0 Å². The number of rotatable bonds is 33. The topological polar surface area (TPSA) is 55.8 Å². The van der Waals surface area contributed by atoms with E-state index >= 15 is 0 Å². The molecule has 0 radical (unpaired) electrons. The summed E-state index contributed by atoms with van der Waals surface area (Å²) in [5.41, 5.74) is 0. The first-order valence-corrected chi connectivity index (χ1v) is 17.9. The zero-order valence-corrected chi connectivity index (χ0v) is 27.6. The maximum absolute atomic E-state index is 12.1. The molecule has 1 atom stereocenters. The number of hydrogen-bond acceptors (Lipinski definition) is 4. The fraction of sp³-hybridized carbons (Fsp3) is 0.865. The minimum atomic E-state index is -0.537. The zero-order chi connectivity index (χ0) is 29.9. The highest BCUT2D eigenvalue weighted by atomic mass is 16.6. The Kier molecular flexibility index (Phi) is 34.1. The highest BCUT2D eigenvalue weighted by Crippen LogP contribution is 2.12. The number of aliphatic hydroxyl groups is 1. The second-order valence-corrected chi connectivity index (χ2v) is 11.9. The van der Waals surface area contributed by atoms with Gasteiger partial charge in [-0.05, 0) is 64.2 Å². The summed E-state index contributed by atoms with van der Waals surface area (Å²) in [5.74, 6) is -0.212. The van der Waals surface area contributed by atoms with Gasteiger partial charge in [0.2, 0.25) is 0 Å². The summed E-state index contributed by atoms with van der Waals surface area (Å²) in [7, 11) is 0. The highest BCUT2D eigenvalue weighted by Gasteiger charge is 2.13. The summed E-state index contributed by atoms with van der Waals surface area (Å²) in [6.45, 7) is 5.31. The Bertz CT molecular complexity index is 571. The molecule has 0 aliphatic rings. The number of hydrogen-bond donors (Lipinski definition) is 1. The average Bonchev–Trinajstić information content (AvgIpc) is 2.98. The van der Waals surface area contributed by atoms with E-state index in [1.54, 1.807) is 0 Å². The van der Waals surface area contributed by atoms with Crippen LogP contribution in [0.25, 0.3) is 0 Å². The van der Waals surface area contributed by atoms with E-state index in [4.69, 9.17) is 9.47 Å². The van der Waals surface area contributed by atoms with Crippen LogP contribution < -0.4 is 0 Å². The molecular weight excluding hydrogens is 508 g/mol. The van der Waals surface area contributed by atoms with Crippen LogP contribution in [0.5, 0.6) is 0 Å². The molecule has 0 amide bonds. The molecule has 242 valence electrons. The fourth-order valence-corrected chi connectivity index (χ4v) is 5.02. The van der Waals surface area contributed by atoms with Gasteiger partial charge >= 0.3 is 5.97 Å². The summed E-state index contributed by atoms with van der Waals surface area (Å²) in [6, 6.07) is 0. The third kappa shape index (κ3) is 33.2. The molecule has 41 heavy (non-hydrogen) atoms. The van der Waals surface area contributed by atoms with Crippen molar-refractivity contribution >= 4 is 5.97 Å². The van der Waals surface area contributed by atoms with Crippen LogP contribution in [0.1, 0.15) is 181 Å².